The lowest BCUT2D eigenvalue weighted by atomic mass is 10.0. The van der Waals surface area contributed by atoms with Gasteiger partial charge < -0.3 is 14.6 Å². The summed E-state index contributed by atoms with van der Waals surface area (Å²) in [5.74, 6) is -1.08. The van der Waals surface area contributed by atoms with E-state index in [2.05, 4.69) is 0 Å². The summed E-state index contributed by atoms with van der Waals surface area (Å²) in [5.41, 5.74) is -0.703. The smallest absolute Gasteiger partial charge is 0.411 e. The molecule has 1 aliphatic heterocycles. The van der Waals surface area contributed by atoms with E-state index in [0.29, 0.717) is 6.29 Å². The van der Waals surface area contributed by atoms with Gasteiger partial charge in [-0.1, -0.05) is 0 Å². The number of aliphatic carboxylic acids is 1. The molecule has 102 valence electrons. The van der Waals surface area contributed by atoms with E-state index in [1.54, 1.807) is 20.8 Å². The van der Waals surface area contributed by atoms with Crippen molar-refractivity contribution in [1.29, 1.82) is 0 Å². The summed E-state index contributed by atoms with van der Waals surface area (Å²) in [6.07, 6.45) is -0.145. The molecule has 2 unspecified atom stereocenters. The Kier molecular flexibility index (Phi) is 3.95. The number of thioether (sulfide) groups is 1. The molecule has 1 fully saturated rings. The van der Waals surface area contributed by atoms with Crippen molar-refractivity contribution in [1.82, 2.24) is 4.90 Å². The lowest BCUT2D eigenvalue weighted by Crippen LogP contribution is -2.51. The van der Waals surface area contributed by atoms with Gasteiger partial charge in [0.1, 0.15) is 16.6 Å². The third-order valence-electron chi connectivity index (χ3n) is 2.47. The van der Waals surface area contributed by atoms with Crippen LogP contribution in [0.4, 0.5) is 4.79 Å². The molecule has 0 bridgehead atoms. The highest BCUT2D eigenvalue weighted by molar-refractivity contribution is 8.01. The average molecular weight is 275 g/mol. The van der Waals surface area contributed by atoms with Crippen LogP contribution in [0.3, 0.4) is 0 Å². The van der Waals surface area contributed by atoms with Crippen molar-refractivity contribution in [2.75, 3.05) is 5.88 Å². The second-order valence-corrected chi connectivity index (χ2v) is 6.69. The van der Waals surface area contributed by atoms with E-state index >= 15 is 0 Å². The molecule has 0 radical (unpaired) electrons. The lowest BCUT2D eigenvalue weighted by molar-refractivity contribution is -0.144. The number of nitrogens with zero attached hydrogens (tertiary/aromatic N) is 1. The second kappa shape index (κ2) is 4.79. The summed E-state index contributed by atoms with van der Waals surface area (Å²) in [4.78, 5) is 35.2. The molecule has 0 spiro atoms. The van der Waals surface area contributed by atoms with Gasteiger partial charge in [0.25, 0.3) is 0 Å². The Morgan fingerprint density at radius 3 is 2.44 bits per heavy atom. The van der Waals surface area contributed by atoms with Crippen LogP contribution in [0.2, 0.25) is 0 Å². The first-order valence-corrected chi connectivity index (χ1v) is 6.42. The molecule has 18 heavy (non-hydrogen) atoms. The van der Waals surface area contributed by atoms with Gasteiger partial charge in [-0.05, 0) is 27.7 Å². The number of carboxylic acid groups (broad SMARTS) is 1. The van der Waals surface area contributed by atoms with Crippen LogP contribution >= 0.6 is 11.8 Å². The van der Waals surface area contributed by atoms with E-state index in [9.17, 15) is 19.5 Å². The molecule has 0 aromatic carbocycles. The normalized spacial score (nSPS) is 28.0. The highest BCUT2D eigenvalue weighted by atomic mass is 32.2. The molecular formula is C11H17NO5S. The molecule has 1 heterocycles. The maximum atomic E-state index is 11.9. The number of rotatable bonds is 2. The summed E-state index contributed by atoms with van der Waals surface area (Å²) < 4.78 is 4.00. The fourth-order valence-corrected chi connectivity index (χ4v) is 2.75. The Morgan fingerprint density at radius 2 is 2.06 bits per heavy atom. The van der Waals surface area contributed by atoms with Crippen molar-refractivity contribution in [3.8, 4) is 0 Å². The number of carbonyl (C=O) groups excluding carboxylic acids is 2. The molecular weight excluding hydrogens is 258 g/mol. The van der Waals surface area contributed by atoms with Gasteiger partial charge >= 0.3 is 12.1 Å². The van der Waals surface area contributed by atoms with Crippen LogP contribution in [0.1, 0.15) is 27.7 Å². The van der Waals surface area contributed by atoms with Crippen molar-refractivity contribution in [2.45, 2.75) is 44.1 Å². The van der Waals surface area contributed by atoms with Gasteiger partial charge in [0.2, 0.25) is 0 Å². The number of aldehydes is 1. The fraction of sp³-hybridized carbons (Fsp3) is 0.727. The molecule has 7 heteroatoms. The van der Waals surface area contributed by atoms with Gasteiger partial charge in [-0.25, -0.2) is 9.59 Å². The first-order valence-electron chi connectivity index (χ1n) is 5.43. The molecule has 1 amide bonds. The van der Waals surface area contributed by atoms with E-state index in [-0.39, 0.29) is 5.88 Å². The van der Waals surface area contributed by atoms with E-state index in [1.165, 1.54) is 6.92 Å². The van der Waals surface area contributed by atoms with Crippen LogP contribution in [0.15, 0.2) is 0 Å². The predicted molar refractivity (Wildman–Crippen MR) is 66.4 cm³/mol. The highest BCUT2D eigenvalue weighted by Crippen LogP contribution is 2.38. The van der Waals surface area contributed by atoms with E-state index < -0.39 is 28.5 Å². The monoisotopic (exact) mass is 275 g/mol. The van der Waals surface area contributed by atoms with Gasteiger partial charge in [0.15, 0.2) is 6.04 Å². The zero-order chi connectivity index (χ0) is 14.1. The standard InChI is InChI=1S/C11H17NO5S/c1-10(2,3)17-9(16)12-6-18-11(4,5-13)7(12)8(14)15/h5,7H,6H2,1-4H3,(H,14,15). The quantitative estimate of drug-likeness (QED) is 0.766. The van der Waals surface area contributed by atoms with E-state index in [1.807, 2.05) is 0 Å². The van der Waals surface area contributed by atoms with Crippen molar-refractivity contribution in [2.24, 2.45) is 0 Å². The van der Waals surface area contributed by atoms with Gasteiger partial charge in [0, 0.05) is 0 Å². The van der Waals surface area contributed by atoms with Crippen LogP contribution < -0.4 is 0 Å². The zero-order valence-corrected chi connectivity index (χ0v) is 11.6. The molecule has 0 aromatic heterocycles. The highest BCUT2D eigenvalue weighted by Gasteiger charge is 2.52. The molecule has 1 saturated heterocycles. The van der Waals surface area contributed by atoms with Crippen LogP contribution in [-0.2, 0) is 14.3 Å². The van der Waals surface area contributed by atoms with Gasteiger partial charge in [-0.3, -0.25) is 4.90 Å². The molecule has 1 rings (SSSR count). The molecule has 0 aromatic rings. The van der Waals surface area contributed by atoms with Crippen LogP contribution in [0.25, 0.3) is 0 Å². The number of hydrogen-bond donors (Lipinski definition) is 1. The first kappa shape index (κ1) is 14.8. The Morgan fingerprint density at radius 1 is 1.50 bits per heavy atom. The number of hydrogen-bond acceptors (Lipinski definition) is 5. The third-order valence-corrected chi connectivity index (χ3v) is 3.81. The van der Waals surface area contributed by atoms with Crippen LogP contribution in [0.5, 0.6) is 0 Å². The Labute approximate surface area is 110 Å². The number of carboxylic acids is 1. The molecule has 6 nitrogen and oxygen atoms in total. The second-order valence-electron chi connectivity index (χ2n) is 5.27. The Bertz CT molecular complexity index is 378. The van der Waals surface area contributed by atoms with Gasteiger partial charge in [-0.2, -0.15) is 0 Å². The van der Waals surface area contributed by atoms with Crippen molar-refractivity contribution < 1.29 is 24.2 Å². The summed E-state index contributed by atoms with van der Waals surface area (Å²) in [6, 6.07) is -1.20. The van der Waals surface area contributed by atoms with Crippen LogP contribution in [-0.4, -0.2) is 50.6 Å². The maximum Gasteiger partial charge on any atom is 0.411 e. The molecule has 0 aliphatic carbocycles. The molecule has 1 aliphatic rings. The number of ether oxygens (including phenoxy) is 1. The number of amides is 1. The maximum absolute atomic E-state index is 11.9. The Balaban J connectivity index is 2.93. The Hall–Kier alpha value is -1.24. The zero-order valence-electron chi connectivity index (χ0n) is 10.8. The minimum absolute atomic E-state index is 0.126. The van der Waals surface area contributed by atoms with Gasteiger partial charge in [0.05, 0.1) is 5.88 Å². The molecule has 2 atom stereocenters. The molecule has 0 saturated carbocycles. The topological polar surface area (TPSA) is 83.9 Å². The predicted octanol–water partition coefficient (Wildman–Crippen LogP) is 1.34. The third kappa shape index (κ3) is 2.95. The van der Waals surface area contributed by atoms with Crippen molar-refractivity contribution >= 4 is 30.1 Å². The minimum atomic E-state index is -1.21. The van der Waals surface area contributed by atoms with Crippen LogP contribution in [0, 0.1) is 0 Å². The molecule has 1 N–H and O–H groups in total. The largest absolute Gasteiger partial charge is 0.480 e. The minimum Gasteiger partial charge on any atom is -0.480 e. The van der Waals surface area contributed by atoms with Gasteiger partial charge in [-0.15, -0.1) is 11.8 Å². The SMILES string of the molecule is CC(C)(C)OC(=O)N1CSC(C)(C=O)C1C(=O)O. The first-order chi connectivity index (χ1) is 8.10. The summed E-state index contributed by atoms with van der Waals surface area (Å²) in [5, 5.41) is 9.18. The summed E-state index contributed by atoms with van der Waals surface area (Å²) >= 11 is 1.12. The lowest BCUT2D eigenvalue weighted by Gasteiger charge is -2.29. The van der Waals surface area contributed by atoms with Crippen molar-refractivity contribution in [3.05, 3.63) is 0 Å². The van der Waals surface area contributed by atoms with E-state index in [0.717, 1.165) is 16.7 Å². The fourth-order valence-electron chi connectivity index (χ4n) is 1.63. The van der Waals surface area contributed by atoms with E-state index in [4.69, 9.17) is 4.74 Å². The van der Waals surface area contributed by atoms with Crippen molar-refractivity contribution in [3.63, 3.8) is 0 Å². The average Bonchev–Trinajstić information content (AvgIpc) is 2.54. The summed E-state index contributed by atoms with van der Waals surface area (Å²) in [7, 11) is 0. The summed E-state index contributed by atoms with van der Waals surface area (Å²) in [6.45, 7) is 6.60. The number of carbonyl (C=O) groups is 3.